The van der Waals surface area contributed by atoms with Crippen LogP contribution in [0.15, 0.2) is 65.6 Å². The molecule has 1 saturated carbocycles. The summed E-state index contributed by atoms with van der Waals surface area (Å²) in [5.74, 6) is 0.357. The summed E-state index contributed by atoms with van der Waals surface area (Å²) < 4.78 is 33.0. The average molecular weight is 356 g/mol. The second-order valence-electron chi connectivity index (χ2n) is 7.23. The minimum Gasteiger partial charge on any atom is -0.348 e. The van der Waals surface area contributed by atoms with Crippen molar-refractivity contribution in [3.63, 3.8) is 0 Å². The van der Waals surface area contributed by atoms with Crippen LogP contribution in [0.1, 0.15) is 37.7 Å². The molecular weight excluding hydrogens is 332 g/mol. The standard InChI is InChI=1S/C21H24O3S/c22-25(23,19-14-8-3-9-15-19)21(16-17-10-4-1-5-11-17)20(24-21)18-12-6-2-7-13-18/h1,3-5,8-11,14-15,18,20H,2,6-7,12-13,16H2. The van der Waals surface area contributed by atoms with E-state index >= 15 is 0 Å². The van der Waals surface area contributed by atoms with Gasteiger partial charge in [-0.05, 0) is 36.5 Å². The Morgan fingerprint density at radius 3 is 2.12 bits per heavy atom. The zero-order valence-electron chi connectivity index (χ0n) is 14.3. The molecule has 25 heavy (non-hydrogen) atoms. The van der Waals surface area contributed by atoms with Crippen LogP contribution in [-0.2, 0) is 21.0 Å². The summed E-state index contributed by atoms with van der Waals surface area (Å²) in [4.78, 5) is -0.734. The maximum absolute atomic E-state index is 13.4. The molecule has 0 bridgehead atoms. The first kappa shape index (κ1) is 16.8. The van der Waals surface area contributed by atoms with Crippen LogP contribution >= 0.6 is 0 Å². The van der Waals surface area contributed by atoms with Gasteiger partial charge in [0.1, 0.15) is 6.10 Å². The third-order valence-corrected chi connectivity index (χ3v) is 7.86. The molecule has 1 heterocycles. The van der Waals surface area contributed by atoms with Crippen molar-refractivity contribution in [2.75, 3.05) is 0 Å². The third-order valence-electron chi connectivity index (χ3n) is 5.58. The van der Waals surface area contributed by atoms with E-state index < -0.39 is 14.8 Å². The molecule has 3 nitrogen and oxygen atoms in total. The highest BCUT2D eigenvalue weighted by Gasteiger charge is 2.68. The van der Waals surface area contributed by atoms with Gasteiger partial charge in [0.15, 0.2) is 0 Å². The summed E-state index contributed by atoms with van der Waals surface area (Å²) in [6.45, 7) is 0. The SMILES string of the molecule is O=S(=O)(c1ccccc1)C1(Cc2ccccc2)OC1C1CCCCC1. The molecule has 0 spiro atoms. The van der Waals surface area contributed by atoms with Gasteiger partial charge in [0, 0.05) is 6.42 Å². The van der Waals surface area contributed by atoms with Gasteiger partial charge in [0.25, 0.3) is 0 Å². The first-order valence-corrected chi connectivity index (χ1v) is 10.6. The minimum absolute atomic E-state index is 0.182. The van der Waals surface area contributed by atoms with Gasteiger partial charge in [-0.2, -0.15) is 0 Å². The zero-order chi connectivity index (χ0) is 17.3. The molecule has 1 aliphatic carbocycles. The monoisotopic (exact) mass is 356 g/mol. The van der Waals surface area contributed by atoms with Crippen molar-refractivity contribution in [2.45, 2.75) is 54.5 Å². The lowest BCUT2D eigenvalue weighted by Crippen LogP contribution is -2.33. The molecule has 2 aromatic carbocycles. The second-order valence-corrected chi connectivity index (χ2v) is 9.40. The van der Waals surface area contributed by atoms with E-state index in [2.05, 4.69) is 0 Å². The fraction of sp³-hybridized carbons (Fsp3) is 0.429. The molecule has 1 aliphatic heterocycles. The quantitative estimate of drug-likeness (QED) is 0.747. The van der Waals surface area contributed by atoms with Crippen LogP contribution in [0.3, 0.4) is 0 Å². The van der Waals surface area contributed by atoms with Gasteiger partial charge in [0.2, 0.25) is 14.8 Å². The van der Waals surface area contributed by atoms with Crippen LogP contribution < -0.4 is 0 Å². The molecule has 132 valence electrons. The number of rotatable bonds is 5. The Labute approximate surface area is 150 Å². The van der Waals surface area contributed by atoms with Crippen LogP contribution in [-0.4, -0.2) is 19.5 Å². The van der Waals surface area contributed by atoms with Crippen molar-refractivity contribution in [3.05, 3.63) is 66.2 Å². The molecule has 0 radical (unpaired) electrons. The van der Waals surface area contributed by atoms with Crippen LogP contribution in [0, 0.1) is 5.92 Å². The summed E-state index contributed by atoms with van der Waals surface area (Å²) in [5.41, 5.74) is 1.01. The topological polar surface area (TPSA) is 46.7 Å². The van der Waals surface area contributed by atoms with Crippen molar-refractivity contribution in [2.24, 2.45) is 5.92 Å². The molecular formula is C21H24O3S. The second kappa shape index (κ2) is 6.58. The van der Waals surface area contributed by atoms with Gasteiger partial charge in [-0.3, -0.25) is 0 Å². The highest BCUT2D eigenvalue weighted by molar-refractivity contribution is 7.93. The van der Waals surface area contributed by atoms with Crippen LogP contribution in [0.2, 0.25) is 0 Å². The van der Waals surface area contributed by atoms with Gasteiger partial charge in [0.05, 0.1) is 4.90 Å². The normalized spacial score (nSPS) is 27.1. The molecule has 2 unspecified atom stereocenters. The van der Waals surface area contributed by atoms with Gasteiger partial charge in [-0.25, -0.2) is 8.42 Å². The van der Waals surface area contributed by atoms with Crippen LogP contribution in [0.4, 0.5) is 0 Å². The van der Waals surface area contributed by atoms with Crippen LogP contribution in [0.25, 0.3) is 0 Å². The lowest BCUT2D eigenvalue weighted by molar-refractivity contribution is 0.259. The van der Waals surface area contributed by atoms with E-state index in [1.54, 1.807) is 24.3 Å². The number of hydrogen-bond donors (Lipinski definition) is 0. The largest absolute Gasteiger partial charge is 0.348 e. The summed E-state index contributed by atoms with van der Waals surface area (Å²) >= 11 is 0. The lowest BCUT2D eigenvalue weighted by Gasteiger charge is -2.22. The fourth-order valence-corrected chi connectivity index (χ4v) is 6.21. The van der Waals surface area contributed by atoms with E-state index in [1.807, 2.05) is 36.4 Å². The van der Waals surface area contributed by atoms with Gasteiger partial charge < -0.3 is 4.74 Å². The van der Waals surface area contributed by atoms with Crippen molar-refractivity contribution >= 4 is 9.84 Å². The smallest absolute Gasteiger partial charge is 0.211 e. The highest BCUT2D eigenvalue weighted by Crippen LogP contribution is 2.53. The van der Waals surface area contributed by atoms with Gasteiger partial charge >= 0.3 is 0 Å². The molecule has 2 aliphatic rings. The lowest BCUT2D eigenvalue weighted by atomic mass is 9.85. The minimum atomic E-state index is -3.55. The first-order valence-electron chi connectivity index (χ1n) is 9.15. The van der Waals surface area contributed by atoms with Gasteiger partial charge in [-0.15, -0.1) is 0 Å². The molecule has 2 fully saturated rings. The summed E-state index contributed by atoms with van der Waals surface area (Å²) in [6, 6.07) is 18.6. The number of sulfone groups is 1. The Bertz CT molecular complexity index is 811. The van der Waals surface area contributed by atoms with Crippen LogP contribution in [0.5, 0.6) is 0 Å². The maximum atomic E-state index is 13.4. The van der Waals surface area contributed by atoms with Gasteiger partial charge in [-0.1, -0.05) is 67.8 Å². The van der Waals surface area contributed by atoms with E-state index in [-0.39, 0.29) is 6.10 Å². The summed E-state index contributed by atoms with van der Waals surface area (Å²) in [7, 11) is -3.55. The Hall–Kier alpha value is -1.65. The maximum Gasteiger partial charge on any atom is 0.211 e. The predicted octanol–water partition coefficient (Wildman–Crippen LogP) is 4.38. The number of benzene rings is 2. The zero-order valence-corrected chi connectivity index (χ0v) is 15.1. The molecule has 2 aromatic rings. The third kappa shape index (κ3) is 3.02. The number of ether oxygens (including phenoxy) is 1. The molecule has 2 atom stereocenters. The molecule has 4 heteroatoms. The Kier molecular flexibility index (Phi) is 4.42. The van der Waals surface area contributed by atoms with E-state index in [0.717, 1.165) is 18.4 Å². The Morgan fingerprint density at radius 2 is 1.48 bits per heavy atom. The van der Waals surface area contributed by atoms with Crippen molar-refractivity contribution < 1.29 is 13.2 Å². The Morgan fingerprint density at radius 1 is 0.880 bits per heavy atom. The van der Waals surface area contributed by atoms with E-state index in [0.29, 0.717) is 17.2 Å². The number of epoxide rings is 1. The Balaban J connectivity index is 1.70. The predicted molar refractivity (Wildman–Crippen MR) is 98.0 cm³/mol. The molecule has 0 N–H and O–H groups in total. The van der Waals surface area contributed by atoms with E-state index in [1.165, 1.54) is 19.3 Å². The summed E-state index contributed by atoms with van der Waals surface area (Å²) in [6.07, 6.45) is 6.00. The number of hydrogen-bond acceptors (Lipinski definition) is 3. The molecule has 1 saturated heterocycles. The molecule has 0 amide bonds. The molecule has 4 rings (SSSR count). The summed E-state index contributed by atoms with van der Waals surface area (Å²) in [5, 5.41) is 0. The average Bonchev–Trinajstić information content (AvgIpc) is 3.40. The highest BCUT2D eigenvalue weighted by atomic mass is 32.2. The first-order chi connectivity index (χ1) is 12.1. The molecule has 0 aromatic heterocycles. The van der Waals surface area contributed by atoms with Crippen molar-refractivity contribution in [1.29, 1.82) is 0 Å². The van der Waals surface area contributed by atoms with Crippen molar-refractivity contribution in [1.82, 2.24) is 0 Å². The van der Waals surface area contributed by atoms with E-state index in [4.69, 9.17) is 4.74 Å². The van der Waals surface area contributed by atoms with Crippen molar-refractivity contribution in [3.8, 4) is 0 Å². The van der Waals surface area contributed by atoms with E-state index in [9.17, 15) is 8.42 Å². The fourth-order valence-electron chi connectivity index (χ4n) is 4.21.